The molecule has 0 aliphatic rings. The number of para-hydroxylation sites is 1. The van der Waals surface area contributed by atoms with E-state index in [0.29, 0.717) is 21.3 Å². The molecule has 0 heterocycles. The topological polar surface area (TPSA) is 12.4 Å². The van der Waals surface area contributed by atoms with Crippen molar-refractivity contribution in [2.24, 2.45) is 4.99 Å². The summed E-state index contributed by atoms with van der Waals surface area (Å²) in [4.78, 5) is 4.06. The smallest absolute Gasteiger partial charge is 0.253 e. The van der Waals surface area contributed by atoms with Crippen LogP contribution in [0.1, 0.15) is 18.1 Å². The van der Waals surface area contributed by atoms with Gasteiger partial charge < -0.3 is 0 Å². The maximum absolute atomic E-state index is 12.9. The van der Waals surface area contributed by atoms with Gasteiger partial charge in [-0.2, -0.15) is 13.2 Å². The van der Waals surface area contributed by atoms with E-state index in [1.165, 1.54) is 18.2 Å². The normalized spacial score (nSPS) is 12.6. The van der Waals surface area contributed by atoms with E-state index in [1.54, 1.807) is 25.1 Å². The minimum atomic E-state index is -4.45. The van der Waals surface area contributed by atoms with Crippen molar-refractivity contribution in [3.05, 3.63) is 63.6 Å². The fourth-order valence-corrected chi connectivity index (χ4v) is 2.08. The van der Waals surface area contributed by atoms with Gasteiger partial charge >= 0.3 is 6.18 Å². The van der Waals surface area contributed by atoms with Crippen LogP contribution in [0.3, 0.4) is 0 Å². The summed E-state index contributed by atoms with van der Waals surface area (Å²) in [7, 11) is 0. The lowest BCUT2D eigenvalue weighted by molar-refractivity contribution is -0.137. The Hall–Kier alpha value is -1.52. The first kappa shape index (κ1) is 15.9. The average molecular weight is 332 g/mol. The van der Waals surface area contributed by atoms with Crippen LogP contribution < -0.4 is 0 Å². The molecule has 110 valence electrons. The molecule has 2 aromatic rings. The highest BCUT2D eigenvalue weighted by molar-refractivity contribution is 6.42. The molecule has 0 saturated heterocycles. The quantitative estimate of drug-likeness (QED) is 0.585. The van der Waals surface area contributed by atoms with Gasteiger partial charge in [-0.1, -0.05) is 41.4 Å². The predicted octanol–water partition coefficient (Wildman–Crippen LogP) is 6.15. The number of alkyl halides is 3. The van der Waals surface area contributed by atoms with Gasteiger partial charge in [0, 0.05) is 5.71 Å². The minimum absolute atomic E-state index is 0.131. The van der Waals surface area contributed by atoms with Crippen LogP contribution in [0.5, 0.6) is 0 Å². The van der Waals surface area contributed by atoms with Gasteiger partial charge in [0.05, 0.1) is 21.3 Å². The molecule has 6 heteroatoms. The lowest BCUT2D eigenvalue weighted by Gasteiger charge is -2.10. The van der Waals surface area contributed by atoms with Crippen LogP contribution in [0.15, 0.2) is 47.5 Å². The van der Waals surface area contributed by atoms with Gasteiger partial charge in [-0.15, -0.1) is 0 Å². The molecule has 0 aliphatic heterocycles. The number of hydrogen-bond donors (Lipinski definition) is 0. The number of nitrogens with zero attached hydrogens (tertiary/aromatic N) is 1. The molecular weight excluding hydrogens is 322 g/mol. The van der Waals surface area contributed by atoms with E-state index in [1.807, 2.05) is 0 Å². The van der Waals surface area contributed by atoms with E-state index >= 15 is 0 Å². The third-order valence-electron chi connectivity index (χ3n) is 2.83. The summed E-state index contributed by atoms with van der Waals surface area (Å²) in [5, 5.41) is 0.705. The Morgan fingerprint density at radius 1 is 1.00 bits per heavy atom. The molecule has 21 heavy (non-hydrogen) atoms. The second kappa shape index (κ2) is 6.08. The van der Waals surface area contributed by atoms with Crippen LogP contribution in [-0.2, 0) is 6.18 Å². The third-order valence-corrected chi connectivity index (χ3v) is 3.57. The second-order valence-corrected chi connectivity index (χ2v) is 5.16. The molecule has 0 aromatic heterocycles. The Morgan fingerprint density at radius 3 is 2.29 bits per heavy atom. The monoisotopic (exact) mass is 331 g/mol. The van der Waals surface area contributed by atoms with E-state index in [-0.39, 0.29) is 5.69 Å². The van der Waals surface area contributed by atoms with Gasteiger partial charge in [0.15, 0.2) is 0 Å². The summed E-state index contributed by atoms with van der Waals surface area (Å²) in [6, 6.07) is 9.97. The fourth-order valence-electron chi connectivity index (χ4n) is 1.78. The summed E-state index contributed by atoms with van der Waals surface area (Å²) in [6.45, 7) is 1.62. The number of rotatable bonds is 2. The largest absolute Gasteiger partial charge is 0.418 e. The molecule has 0 saturated carbocycles. The summed E-state index contributed by atoms with van der Waals surface area (Å²) >= 11 is 11.7. The van der Waals surface area contributed by atoms with Crippen LogP contribution >= 0.6 is 23.2 Å². The van der Waals surface area contributed by atoms with Crippen LogP contribution in [0.2, 0.25) is 10.0 Å². The molecule has 0 atom stereocenters. The molecule has 0 spiro atoms. The van der Waals surface area contributed by atoms with Crippen LogP contribution in [0.25, 0.3) is 0 Å². The van der Waals surface area contributed by atoms with E-state index in [0.717, 1.165) is 6.07 Å². The molecule has 0 amide bonds. The van der Waals surface area contributed by atoms with Crippen LogP contribution in [0, 0.1) is 0 Å². The lowest BCUT2D eigenvalue weighted by Crippen LogP contribution is -2.05. The van der Waals surface area contributed by atoms with Gasteiger partial charge in [0.2, 0.25) is 0 Å². The molecule has 0 bridgehead atoms. The fraction of sp³-hybridized carbons (Fsp3) is 0.133. The van der Waals surface area contributed by atoms with Crippen LogP contribution in [-0.4, -0.2) is 5.71 Å². The summed E-state index contributed by atoms with van der Waals surface area (Å²) < 4.78 is 38.7. The van der Waals surface area contributed by atoms with Crippen molar-refractivity contribution in [2.75, 3.05) is 0 Å². The summed E-state index contributed by atoms with van der Waals surface area (Å²) in [5.74, 6) is 0. The summed E-state index contributed by atoms with van der Waals surface area (Å²) in [5.41, 5.74) is 0.129. The van der Waals surface area contributed by atoms with Crippen molar-refractivity contribution in [3.63, 3.8) is 0 Å². The zero-order chi connectivity index (χ0) is 15.6. The first-order valence-electron chi connectivity index (χ1n) is 5.96. The van der Waals surface area contributed by atoms with E-state index in [2.05, 4.69) is 4.99 Å². The highest BCUT2D eigenvalue weighted by atomic mass is 35.5. The molecule has 0 fully saturated rings. The van der Waals surface area contributed by atoms with Crippen molar-refractivity contribution < 1.29 is 13.2 Å². The zero-order valence-corrected chi connectivity index (χ0v) is 12.4. The van der Waals surface area contributed by atoms with Crippen LogP contribution in [0.4, 0.5) is 18.9 Å². The first-order valence-corrected chi connectivity index (χ1v) is 6.71. The van der Waals surface area contributed by atoms with Gasteiger partial charge in [-0.3, -0.25) is 4.99 Å². The molecule has 0 aliphatic carbocycles. The van der Waals surface area contributed by atoms with Gasteiger partial charge in [-0.05, 0) is 36.8 Å². The van der Waals surface area contributed by atoms with Crippen molar-refractivity contribution in [1.29, 1.82) is 0 Å². The molecule has 0 radical (unpaired) electrons. The van der Waals surface area contributed by atoms with Crippen molar-refractivity contribution in [2.45, 2.75) is 13.1 Å². The molecule has 0 unspecified atom stereocenters. The van der Waals surface area contributed by atoms with Gasteiger partial charge in [0.25, 0.3) is 0 Å². The maximum Gasteiger partial charge on any atom is 0.418 e. The van der Waals surface area contributed by atoms with Crippen molar-refractivity contribution in [3.8, 4) is 0 Å². The van der Waals surface area contributed by atoms with Gasteiger partial charge in [-0.25, -0.2) is 0 Å². The van der Waals surface area contributed by atoms with Crippen molar-refractivity contribution in [1.82, 2.24) is 0 Å². The second-order valence-electron chi connectivity index (χ2n) is 4.34. The number of aliphatic imine (C=N–C) groups is 1. The highest BCUT2D eigenvalue weighted by Crippen LogP contribution is 2.36. The zero-order valence-electron chi connectivity index (χ0n) is 10.9. The Morgan fingerprint density at radius 2 is 1.67 bits per heavy atom. The molecule has 1 nitrogen and oxygen atoms in total. The number of halogens is 5. The molecular formula is C15H10Cl2F3N. The number of hydrogen-bond acceptors (Lipinski definition) is 1. The molecule has 2 aromatic carbocycles. The Kier molecular flexibility index (Phi) is 4.59. The van der Waals surface area contributed by atoms with E-state index < -0.39 is 11.7 Å². The van der Waals surface area contributed by atoms with Gasteiger partial charge in [0.1, 0.15) is 0 Å². The standard InChI is InChI=1S/C15H10Cl2F3N/c1-9(10-6-7-12(16)13(17)8-10)21-14-5-3-2-4-11(14)15(18,19)20/h2-8H,1H3/b21-9+. The Labute approximate surface area is 130 Å². The average Bonchev–Trinajstić information content (AvgIpc) is 2.41. The van der Waals surface area contributed by atoms with E-state index in [4.69, 9.17) is 23.2 Å². The van der Waals surface area contributed by atoms with E-state index in [9.17, 15) is 13.2 Å². The lowest BCUT2D eigenvalue weighted by atomic mass is 10.1. The third kappa shape index (κ3) is 3.77. The van der Waals surface area contributed by atoms with Crippen molar-refractivity contribution >= 4 is 34.6 Å². The SMILES string of the molecule is C/C(=N\c1ccccc1C(F)(F)F)c1ccc(Cl)c(Cl)c1. The predicted molar refractivity (Wildman–Crippen MR) is 79.8 cm³/mol. The molecule has 0 N–H and O–H groups in total. The number of benzene rings is 2. The maximum atomic E-state index is 12.9. The Balaban J connectivity index is 2.46. The summed E-state index contributed by atoms with van der Waals surface area (Å²) in [6.07, 6.45) is -4.45. The Bertz CT molecular complexity index is 694. The minimum Gasteiger partial charge on any atom is -0.253 e. The highest BCUT2D eigenvalue weighted by Gasteiger charge is 2.33. The first-order chi connectivity index (χ1) is 9.79. The molecule has 2 rings (SSSR count).